The van der Waals surface area contributed by atoms with Gasteiger partial charge < -0.3 is 4.42 Å². The van der Waals surface area contributed by atoms with Crippen LogP contribution in [0.2, 0.25) is 0 Å². The molecule has 3 N–H and O–H groups in total. The summed E-state index contributed by atoms with van der Waals surface area (Å²) < 4.78 is 4.91. The maximum atomic E-state index is 11.6. The Kier molecular flexibility index (Phi) is 5.44. The van der Waals surface area contributed by atoms with Gasteiger partial charge in [-0.25, -0.2) is 0 Å². The zero-order valence-electron chi connectivity index (χ0n) is 11.4. The van der Waals surface area contributed by atoms with Crippen LogP contribution in [0, 0.1) is 0 Å². The van der Waals surface area contributed by atoms with E-state index in [1.165, 1.54) is 18.4 Å². The standard InChI is InChI=1S/C15H13N3O3S/c19-13(9-8-11-5-2-1-3-6-11)17-18-15(22)16-14(20)12-7-4-10-21-12/h1-10H,(H,17,19)(H2,16,18,20,22)/b9-8+. The number of hydrogen-bond acceptors (Lipinski definition) is 4. The Morgan fingerprint density at radius 3 is 2.50 bits per heavy atom. The van der Waals surface area contributed by atoms with Crippen LogP contribution in [0.15, 0.2) is 59.2 Å². The number of nitrogens with one attached hydrogen (secondary N) is 3. The highest BCUT2D eigenvalue weighted by Gasteiger charge is 2.10. The summed E-state index contributed by atoms with van der Waals surface area (Å²) in [5.41, 5.74) is 5.65. The van der Waals surface area contributed by atoms with E-state index in [0.29, 0.717) is 0 Å². The molecule has 2 amide bonds. The molecule has 0 unspecified atom stereocenters. The fourth-order valence-electron chi connectivity index (χ4n) is 1.50. The molecule has 0 aliphatic heterocycles. The van der Waals surface area contributed by atoms with Gasteiger partial charge in [-0.05, 0) is 36.0 Å². The van der Waals surface area contributed by atoms with E-state index in [0.717, 1.165) is 5.56 Å². The number of thiocarbonyl (C=S) groups is 1. The first-order chi connectivity index (χ1) is 10.6. The number of furan rings is 1. The van der Waals surface area contributed by atoms with Crippen LogP contribution in [0.5, 0.6) is 0 Å². The molecule has 0 bridgehead atoms. The summed E-state index contributed by atoms with van der Waals surface area (Å²) in [6.45, 7) is 0. The fraction of sp³-hybridized carbons (Fsp3) is 0. The molecule has 7 heteroatoms. The van der Waals surface area contributed by atoms with Crippen LogP contribution >= 0.6 is 12.2 Å². The molecule has 2 aromatic rings. The molecule has 0 aliphatic rings. The van der Waals surface area contributed by atoms with Crippen LogP contribution < -0.4 is 16.2 Å². The first kappa shape index (κ1) is 15.5. The summed E-state index contributed by atoms with van der Waals surface area (Å²) in [5, 5.41) is 2.32. The van der Waals surface area contributed by atoms with Gasteiger partial charge in [0.15, 0.2) is 10.9 Å². The van der Waals surface area contributed by atoms with Crippen molar-refractivity contribution in [1.29, 1.82) is 0 Å². The summed E-state index contributed by atoms with van der Waals surface area (Å²) in [6.07, 6.45) is 4.38. The van der Waals surface area contributed by atoms with Gasteiger partial charge in [-0.1, -0.05) is 30.3 Å². The number of carbonyl (C=O) groups excluding carboxylic acids is 2. The minimum absolute atomic E-state index is 0.0390. The molecule has 0 aliphatic carbocycles. The van der Waals surface area contributed by atoms with Crippen LogP contribution in [0.25, 0.3) is 6.08 Å². The van der Waals surface area contributed by atoms with Crippen molar-refractivity contribution in [2.24, 2.45) is 0 Å². The topological polar surface area (TPSA) is 83.4 Å². The molecular formula is C15H13N3O3S. The molecule has 1 heterocycles. The molecular weight excluding hydrogens is 302 g/mol. The molecule has 112 valence electrons. The second kappa shape index (κ2) is 7.75. The van der Waals surface area contributed by atoms with Gasteiger partial charge in [-0.3, -0.25) is 25.8 Å². The number of benzene rings is 1. The quantitative estimate of drug-likeness (QED) is 0.455. The minimum atomic E-state index is -0.503. The fourth-order valence-corrected chi connectivity index (χ4v) is 1.64. The Bertz CT molecular complexity index is 681. The van der Waals surface area contributed by atoms with E-state index in [1.807, 2.05) is 30.3 Å². The average molecular weight is 315 g/mol. The third-order valence-corrected chi connectivity index (χ3v) is 2.70. The molecule has 6 nitrogen and oxygen atoms in total. The second-order valence-electron chi connectivity index (χ2n) is 4.12. The molecule has 0 fully saturated rings. The maximum absolute atomic E-state index is 11.6. The molecule has 0 radical (unpaired) electrons. The van der Waals surface area contributed by atoms with Crippen LogP contribution in [0.4, 0.5) is 0 Å². The molecule has 0 spiro atoms. The normalized spacial score (nSPS) is 10.2. The lowest BCUT2D eigenvalue weighted by atomic mass is 10.2. The van der Waals surface area contributed by atoms with E-state index >= 15 is 0 Å². The van der Waals surface area contributed by atoms with E-state index in [-0.39, 0.29) is 10.9 Å². The Morgan fingerprint density at radius 2 is 1.82 bits per heavy atom. The first-order valence-electron chi connectivity index (χ1n) is 6.33. The SMILES string of the molecule is O=C(/C=C/c1ccccc1)NNC(=S)NC(=O)c1ccco1. The Hall–Kier alpha value is -2.93. The van der Waals surface area contributed by atoms with Crippen LogP contribution in [-0.2, 0) is 4.79 Å². The third kappa shape index (κ3) is 4.88. The van der Waals surface area contributed by atoms with Crippen LogP contribution in [0.3, 0.4) is 0 Å². The summed E-state index contributed by atoms with van der Waals surface area (Å²) in [5.74, 6) is -0.783. The predicted octanol–water partition coefficient (Wildman–Crippen LogP) is 1.63. The summed E-state index contributed by atoms with van der Waals surface area (Å²) >= 11 is 4.88. The number of amides is 2. The van der Waals surface area contributed by atoms with Crippen LogP contribution in [-0.4, -0.2) is 16.9 Å². The number of carbonyl (C=O) groups is 2. The van der Waals surface area contributed by atoms with Crippen molar-refractivity contribution in [1.82, 2.24) is 16.2 Å². The van der Waals surface area contributed by atoms with Gasteiger partial charge in [0.05, 0.1) is 6.26 Å². The van der Waals surface area contributed by atoms with Gasteiger partial charge in [0, 0.05) is 6.08 Å². The van der Waals surface area contributed by atoms with E-state index in [4.69, 9.17) is 16.6 Å². The van der Waals surface area contributed by atoms with Gasteiger partial charge in [-0.2, -0.15) is 0 Å². The number of rotatable bonds is 3. The lowest BCUT2D eigenvalue weighted by Gasteiger charge is -2.08. The van der Waals surface area contributed by atoms with Crippen molar-refractivity contribution in [3.05, 3.63) is 66.1 Å². The van der Waals surface area contributed by atoms with Crippen molar-refractivity contribution in [2.75, 3.05) is 0 Å². The summed E-state index contributed by atoms with van der Waals surface area (Å²) in [7, 11) is 0. The van der Waals surface area contributed by atoms with E-state index < -0.39 is 11.8 Å². The highest BCUT2D eigenvalue weighted by Crippen LogP contribution is 2.00. The van der Waals surface area contributed by atoms with E-state index in [2.05, 4.69) is 16.2 Å². The van der Waals surface area contributed by atoms with E-state index in [1.54, 1.807) is 12.1 Å². The molecule has 0 saturated heterocycles. The number of hydrogen-bond donors (Lipinski definition) is 3. The third-order valence-electron chi connectivity index (χ3n) is 2.50. The van der Waals surface area contributed by atoms with Gasteiger partial charge in [0.2, 0.25) is 0 Å². The Morgan fingerprint density at radius 1 is 1.05 bits per heavy atom. The summed E-state index contributed by atoms with van der Waals surface area (Å²) in [4.78, 5) is 23.2. The minimum Gasteiger partial charge on any atom is -0.459 e. The smallest absolute Gasteiger partial charge is 0.293 e. The molecule has 0 atom stereocenters. The Labute approximate surface area is 132 Å². The van der Waals surface area contributed by atoms with Crippen molar-refractivity contribution in [3.63, 3.8) is 0 Å². The van der Waals surface area contributed by atoms with Crippen molar-refractivity contribution < 1.29 is 14.0 Å². The van der Waals surface area contributed by atoms with Gasteiger partial charge in [-0.15, -0.1) is 0 Å². The van der Waals surface area contributed by atoms with Gasteiger partial charge >= 0.3 is 0 Å². The lowest BCUT2D eigenvalue weighted by molar-refractivity contribution is -0.116. The number of hydrazine groups is 1. The lowest BCUT2D eigenvalue weighted by Crippen LogP contribution is -2.48. The molecule has 22 heavy (non-hydrogen) atoms. The molecule has 1 aromatic carbocycles. The van der Waals surface area contributed by atoms with Crippen molar-refractivity contribution >= 4 is 35.2 Å². The van der Waals surface area contributed by atoms with E-state index in [9.17, 15) is 9.59 Å². The zero-order chi connectivity index (χ0) is 15.8. The highest BCUT2D eigenvalue weighted by molar-refractivity contribution is 7.80. The largest absolute Gasteiger partial charge is 0.459 e. The van der Waals surface area contributed by atoms with Crippen molar-refractivity contribution in [2.45, 2.75) is 0 Å². The first-order valence-corrected chi connectivity index (χ1v) is 6.74. The molecule has 0 saturated carbocycles. The van der Waals surface area contributed by atoms with Crippen LogP contribution in [0.1, 0.15) is 16.1 Å². The average Bonchev–Trinajstić information content (AvgIpc) is 3.06. The molecule has 2 rings (SSSR count). The van der Waals surface area contributed by atoms with Crippen molar-refractivity contribution in [3.8, 4) is 0 Å². The van der Waals surface area contributed by atoms with Gasteiger partial charge in [0.25, 0.3) is 11.8 Å². The highest BCUT2D eigenvalue weighted by atomic mass is 32.1. The maximum Gasteiger partial charge on any atom is 0.293 e. The monoisotopic (exact) mass is 315 g/mol. The second-order valence-corrected chi connectivity index (χ2v) is 4.53. The zero-order valence-corrected chi connectivity index (χ0v) is 12.2. The Balaban J connectivity index is 1.75. The molecule has 1 aromatic heterocycles. The predicted molar refractivity (Wildman–Crippen MR) is 85.5 cm³/mol. The summed E-state index contributed by atoms with van der Waals surface area (Å²) in [6, 6.07) is 12.4. The van der Waals surface area contributed by atoms with Gasteiger partial charge in [0.1, 0.15) is 0 Å².